The summed E-state index contributed by atoms with van der Waals surface area (Å²) in [5, 5.41) is 0. The highest BCUT2D eigenvalue weighted by molar-refractivity contribution is 4.99. The van der Waals surface area contributed by atoms with Crippen LogP contribution in [0.25, 0.3) is 0 Å². The van der Waals surface area contributed by atoms with Gasteiger partial charge in [-0.25, -0.2) is 0 Å². The van der Waals surface area contributed by atoms with Crippen molar-refractivity contribution in [3.05, 3.63) is 5.92 Å². The SMILES string of the molecule is CCCC1CCC([C]2CCCCC2)CC1. The molecule has 2 fully saturated rings. The average molecular weight is 207 g/mol. The summed E-state index contributed by atoms with van der Waals surface area (Å²) in [7, 11) is 0. The van der Waals surface area contributed by atoms with E-state index in [4.69, 9.17) is 0 Å². The highest BCUT2D eigenvalue weighted by atomic mass is 14.3. The second-order valence-electron chi connectivity index (χ2n) is 5.73. The Balaban J connectivity index is 1.72. The molecule has 0 nitrogen and oxygen atoms in total. The summed E-state index contributed by atoms with van der Waals surface area (Å²) in [5.41, 5.74) is 0. The largest absolute Gasteiger partial charge is 0.0654 e. The molecule has 0 heterocycles. The monoisotopic (exact) mass is 207 g/mol. The molecule has 0 saturated heterocycles. The van der Waals surface area contributed by atoms with E-state index in [-0.39, 0.29) is 0 Å². The van der Waals surface area contributed by atoms with Crippen LogP contribution in [0.1, 0.15) is 77.6 Å². The maximum absolute atomic E-state index is 2.34. The highest BCUT2D eigenvalue weighted by Crippen LogP contribution is 2.42. The maximum atomic E-state index is 2.34. The van der Waals surface area contributed by atoms with E-state index in [1.54, 1.807) is 0 Å². The van der Waals surface area contributed by atoms with Crippen LogP contribution in [0.15, 0.2) is 0 Å². The minimum Gasteiger partial charge on any atom is -0.0654 e. The van der Waals surface area contributed by atoms with Crippen LogP contribution in [0.4, 0.5) is 0 Å². The molecule has 2 aliphatic rings. The molecule has 0 bridgehead atoms. The van der Waals surface area contributed by atoms with Gasteiger partial charge in [0, 0.05) is 0 Å². The maximum Gasteiger partial charge on any atom is -0.0210 e. The molecular formula is C15H27. The van der Waals surface area contributed by atoms with Gasteiger partial charge in [-0.3, -0.25) is 0 Å². The molecule has 1 radical (unpaired) electrons. The van der Waals surface area contributed by atoms with Crippen LogP contribution >= 0.6 is 0 Å². The Bertz CT molecular complexity index is 159. The fourth-order valence-electron chi connectivity index (χ4n) is 3.68. The van der Waals surface area contributed by atoms with Crippen molar-refractivity contribution in [1.29, 1.82) is 0 Å². The average Bonchev–Trinajstić information content (AvgIpc) is 2.32. The van der Waals surface area contributed by atoms with Gasteiger partial charge in [-0.2, -0.15) is 0 Å². The van der Waals surface area contributed by atoms with Gasteiger partial charge >= 0.3 is 0 Å². The first-order chi connectivity index (χ1) is 7.40. The quantitative estimate of drug-likeness (QED) is 0.601. The second-order valence-corrected chi connectivity index (χ2v) is 5.73. The van der Waals surface area contributed by atoms with Crippen molar-refractivity contribution in [2.75, 3.05) is 0 Å². The molecule has 0 aromatic carbocycles. The van der Waals surface area contributed by atoms with Gasteiger partial charge in [0.2, 0.25) is 0 Å². The van der Waals surface area contributed by atoms with Crippen LogP contribution in [-0.4, -0.2) is 0 Å². The Morgan fingerprint density at radius 3 is 2.20 bits per heavy atom. The van der Waals surface area contributed by atoms with Gasteiger partial charge in [0.25, 0.3) is 0 Å². The van der Waals surface area contributed by atoms with Crippen molar-refractivity contribution in [3.63, 3.8) is 0 Å². The van der Waals surface area contributed by atoms with Gasteiger partial charge in [-0.15, -0.1) is 0 Å². The fourth-order valence-corrected chi connectivity index (χ4v) is 3.68. The summed E-state index contributed by atoms with van der Waals surface area (Å²) in [6.45, 7) is 2.34. The predicted molar refractivity (Wildman–Crippen MR) is 66.7 cm³/mol. The summed E-state index contributed by atoms with van der Waals surface area (Å²) in [5.74, 6) is 4.07. The van der Waals surface area contributed by atoms with Crippen LogP contribution < -0.4 is 0 Å². The van der Waals surface area contributed by atoms with Gasteiger partial charge in [0.05, 0.1) is 0 Å². The molecule has 2 rings (SSSR count). The second kappa shape index (κ2) is 5.92. The summed E-state index contributed by atoms with van der Waals surface area (Å²) in [4.78, 5) is 0. The Morgan fingerprint density at radius 2 is 1.60 bits per heavy atom. The predicted octanol–water partition coefficient (Wildman–Crippen LogP) is 5.13. The Hall–Kier alpha value is 0. The van der Waals surface area contributed by atoms with Gasteiger partial charge < -0.3 is 0 Å². The molecule has 87 valence electrons. The molecular weight excluding hydrogens is 180 g/mol. The molecule has 0 aromatic heterocycles. The Morgan fingerprint density at radius 1 is 0.933 bits per heavy atom. The van der Waals surface area contributed by atoms with E-state index in [9.17, 15) is 0 Å². The number of rotatable bonds is 3. The summed E-state index contributed by atoms with van der Waals surface area (Å²) in [6, 6.07) is 0. The lowest BCUT2D eigenvalue weighted by atomic mass is 9.70. The zero-order chi connectivity index (χ0) is 10.5. The Kier molecular flexibility index (Phi) is 4.53. The van der Waals surface area contributed by atoms with Crippen LogP contribution in [-0.2, 0) is 0 Å². The molecule has 0 N–H and O–H groups in total. The summed E-state index contributed by atoms with van der Waals surface area (Å²) in [6.07, 6.45) is 16.4. The minimum atomic E-state index is 1.04. The van der Waals surface area contributed by atoms with Crippen molar-refractivity contribution in [1.82, 2.24) is 0 Å². The first kappa shape index (κ1) is 11.5. The fraction of sp³-hybridized carbons (Fsp3) is 0.933. The van der Waals surface area contributed by atoms with Crippen molar-refractivity contribution in [3.8, 4) is 0 Å². The smallest absolute Gasteiger partial charge is 0.0210 e. The molecule has 2 aliphatic carbocycles. The van der Waals surface area contributed by atoms with Crippen molar-refractivity contribution >= 4 is 0 Å². The van der Waals surface area contributed by atoms with Crippen LogP contribution in [0, 0.1) is 17.8 Å². The van der Waals surface area contributed by atoms with Gasteiger partial charge in [0.15, 0.2) is 0 Å². The van der Waals surface area contributed by atoms with Gasteiger partial charge in [0.1, 0.15) is 0 Å². The molecule has 0 amide bonds. The third-order valence-electron chi connectivity index (χ3n) is 4.62. The minimum absolute atomic E-state index is 1.04. The topological polar surface area (TPSA) is 0 Å². The van der Waals surface area contributed by atoms with E-state index in [1.807, 2.05) is 5.92 Å². The van der Waals surface area contributed by atoms with Crippen molar-refractivity contribution in [2.24, 2.45) is 11.8 Å². The van der Waals surface area contributed by atoms with Crippen LogP contribution in [0.2, 0.25) is 0 Å². The molecule has 15 heavy (non-hydrogen) atoms. The van der Waals surface area contributed by atoms with Gasteiger partial charge in [-0.05, 0) is 43.4 Å². The molecule has 0 aliphatic heterocycles. The normalized spacial score (nSPS) is 34.2. The van der Waals surface area contributed by atoms with E-state index in [0.29, 0.717) is 0 Å². The van der Waals surface area contributed by atoms with Crippen molar-refractivity contribution in [2.45, 2.75) is 77.6 Å². The lowest BCUT2D eigenvalue weighted by Crippen LogP contribution is -2.22. The molecule has 0 atom stereocenters. The molecule has 0 spiro atoms. The third kappa shape index (κ3) is 3.23. The van der Waals surface area contributed by atoms with Crippen molar-refractivity contribution < 1.29 is 0 Å². The lowest BCUT2D eigenvalue weighted by molar-refractivity contribution is 0.249. The zero-order valence-electron chi connectivity index (χ0n) is 10.4. The third-order valence-corrected chi connectivity index (χ3v) is 4.62. The molecule has 2 saturated carbocycles. The van der Waals surface area contributed by atoms with Crippen LogP contribution in [0.5, 0.6) is 0 Å². The standard InChI is InChI=1S/C15H27/c1-2-6-13-9-11-15(12-10-13)14-7-4-3-5-8-14/h13,15H,2-12H2,1H3. The molecule has 0 heteroatoms. The zero-order valence-corrected chi connectivity index (χ0v) is 10.4. The molecule has 0 aromatic rings. The number of hydrogen-bond acceptors (Lipinski definition) is 0. The first-order valence-corrected chi connectivity index (χ1v) is 7.24. The van der Waals surface area contributed by atoms with E-state index in [2.05, 4.69) is 6.92 Å². The van der Waals surface area contributed by atoms with E-state index in [0.717, 1.165) is 11.8 Å². The van der Waals surface area contributed by atoms with E-state index < -0.39 is 0 Å². The molecule has 0 unspecified atom stereocenters. The highest BCUT2D eigenvalue weighted by Gasteiger charge is 2.28. The number of hydrogen-bond donors (Lipinski definition) is 0. The lowest BCUT2D eigenvalue weighted by Gasteiger charge is -2.35. The van der Waals surface area contributed by atoms with Crippen LogP contribution in [0.3, 0.4) is 0 Å². The first-order valence-electron chi connectivity index (χ1n) is 7.24. The van der Waals surface area contributed by atoms with E-state index >= 15 is 0 Å². The Labute approximate surface area is 95.8 Å². The van der Waals surface area contributed by atoms with E-state index in [1.165, 1.54) is 70.6 Å². The summed E-state index contributed by atoms with van der Waals surface area (Å²) >= 11 is 0. The van der Waals surface area contributed by atoms with Gasteiger partial charge in [-0.1, -0.05) is 51.9 Å². The summed E-state index contributed by atoms with van der Waals surface area (Å²) < 4.78 is 0.